The predicted octanol–water partition coefficient (Wildman–Crippen LogP) is 4.28. The van der Waals surface area contributed by atoms with Crippen molar-refractivity contribution < 1.29 is 4.79 Å². The van der Waals surface area contributed by atoms with Gasteiger partial charge in [-0.25, -0.2) is 4.68 Å². The lowest BCUT2D eigenvalue weighted by Crippen LogP contribution is -2.29. The van der Waals surface area contributed by atoms with E-state index in [0.717, 1.165) is 17.7 Å². The molecule has 0 spiro atoms. The third-order valence-electron chi connectivity index (χ3n) is 4.54. The highest BCUT2D eigenvalue weighted by Crippen LogP contribution is 2.14. The number of amides is 1. The first kappa shape index (κ1) is 19.5. The van der Waals surface area contributed by atoms with Crippen LogP contribution in [0.4, 0.5) is 5.69 Å². The summed E-state index contributed by atoms with van der Waals surface area (Å²) in [5.74, 6) is -0.279. The van der Waals surface area contributed by atoms with Crippen LogP contribution in [-0.4, -0.2) is 15.7 Å². The van der Waals surface area contributed by atoms with Gasteiger partial charge in [-0.3, -0.25) is 9.59 Å². The largest absolute Gasteiger partial charge is 0.324 e. The van der Waals surface area contributed by atoms with Gasteiger partial charge in [0.25, 0.3) is 5.56 Å². The fourth-order valence-electron chi connectivity index (χ4n) is 3.00. The summed E-state index contributed by atoms with van der Waals surface area (Å²) in [6, 6.07) is 20.5. The van der Waals surface area contributed by atoms with Crippen LogP contribution in [0.1, 0.15) is 31.7 Å². The van der Waals surface area contributed by atoms with Crippen molar-refractivity contribution in [1.29, 1.82) is 0 Å². The van der Waals surface area contributed by atoms with Crippen LogP contribution < -0.4 is 10.9 Å². The summed E-state index contributed by atoms with van der Waals surface area (Å²) in [5.41, 5.74) is 3.23. The first-order valence-corrected chi connectivity index (χ1v) is 9.68. The van der Waals surface area contributed by atoms with Crippen LogP contribution in [-0.2, 0) is 17.8 Å². The van der Waals surface area contributed by atoms with Gasteiger partial charge < -0.3 is 5.32 Å². The van der Waals surface area contributed by atoms with Gasteiger partial charge in [-0.15, -0.1) is 0 Å². The van der Waals surface area contributed by atoms with Crippen molar-refractivity contribution in [2.75, 3.05) is 5.32 Å². The van der Waals surface area contributed by atoms with Crippen molar-refractivity contribution in [2.24, 2.45) is 0 Å². The Hall–Kier alpha value is -3.21. The Morgan fingerprint density at radius 1 is 0.964 bits per heavy atom. The van der Waals surface area contributed by atoms with E-state index in [1.54, 1.807) is 6.07 Å². The molecular formula is C23H25N3O2. The number of hydrogen-bond acceptors (Lipinski definition) is 3. The second-order valence-electron chi connectivity index (χ2n) is 6.78. The maximum Gasteiger partial charge on any atom is 0.267 e. The summed E-state index contributed by atoms with van der Waals surface area (Å²) in [6.45, 7) is 2.06. The molecule has 2 aromatic carbocycles. The Bertz CT molecular complexity index is 963. The van der Waals surface area contributed by atoms with E-state index in [9.17, 15) is 9.59 Å². The number of aryl methyl sites for hydroxylation is 1. The van der Waals surface area contributed by atoms with E-state index in [-0.39, 0.29) is 18.0 Å². The van der Waals surface area contributed by atoms with Crippen LogP contribution in [0.5, 0.6) is 0 Å². The van der Waals surface area contributed by atoms with E-state index in [1.807, 2.05) is 54.6 Å². The van der Waals surface area contributed by atoms with E-state index in [2.05, 4.69) is 17.3 Å². The van der Waals surface area contributed by atoms with Gasteiger partial charge in [0.05, 0.1) is 5.69 Å². The van der Waals surface area contributed by atoms with Crippen molar-refractivity contribution in [3.8, 4) is 11.3 Å². The van der Waals surface area contributed by atoms with Gasteiger partial charge in [-0.1, -0.05) is 62.2 Å². The standard InChI is InChI=1S/C23H25N3O2/c1-2-3-5-8-18-11-13-20(14-12-18)24-22(27)17-26-23(28)16-15-21(25-26)19-9-6-4-7-10-19/h4,6-7,9-16H,2-3,5,8,17H2,1H3,(H,24,27). The average molecular weight is 375 g/mol. The Morgan fingerprint density at radius 3 is 2.43 bits per heavy atom. The molecule has 1 heterocycles. The van der Waals surface area contributed by atoms with Gasteiger partial charge in [-0.05, 0) is 36.6 Å². The molecule has 5 heteroatoms. The number of hydrogen-bond donors (Lipinski definition) is 1. The highest BCUT2D eigenvalue weighted by Gasteiger charge is 2.08. The highest BCUT2D eigenvalue weighted by molar-refractivity contribution is 5.90. The Balaban J connectivity index is 1.64. The SMILES string of the molecule is CCCCCc1ccc(NC(=O)Cn2nc(-c3ccccc3)ccc2=O)cc1. The normalized spacial score (nSPS) is 10.6. The molecule has 144 valence electrons. The summed E-state index contributed by atoms with van der Waals surface area (Å²) in [4.78, 5) is 24.4. The molecule has 0 aliphatic rings. The van der Waals surface area contributed by atoms with E-state index in [0.29, 0.717) is 5.69 Å². The Morgan fingerprint density at radius 2 is 1.71 bits per heavy atom. The Labute approximate surface area is 165 Å². The third-order valence-corrected chi connectivity index (χ3v) is 4.54. The van der Waals surface area contributed by atoms with Crippen molar-refractivity contribution >= 4 is 11.6 Å². The molecule has 0 saturated heterocycles. The minimum Gasteiger partial charge on any atom is -0.324 e. The van der Waals surface area contributed by atoms with Crippen molar-refractivity contribution in [3.63, 3.8) is 0 Å². The van der Waals surface area contributed by atoms with Crippen molar-refractivity contribution in [1.82, 2.24) is 9.78 Å². The molecule has 28 heavy (non-hydrogen) atoms. The van der Waals surface area contributed by atoms with Gasteiger partial charge >= 0.3 is 0 Å². The van der Waals surface area contributed by atoms with Crippen molar-refractivity contribution in [3.05, 3.63) is 82.6 Å². The number of aromatic nitrogens is 2. The second kappa shape index (κ2) is 9.65. The third kappa shape index (κ3) is 5.39. The fraction of sp³-hybridized carbons (Fsp3) is 0.261. The minimum atomic E-state index is -0.305. The summed E-state index contributed by atoms with van der Waals surface area (Å²) in [5, 5.41) is 7.16. The average Bonchev–Trinajstić information content (AvgIpc) is 2.72. The van der Waals surface area contributed by atoms with Crippen LogP contribution in [0.15, 0.2) is 71.5 Å². The highest BCUT2D eigenvalue weighted by atomic mass is 16.2. The van der Waals surface area contributed by atoms with E-state index in [1.165, 1.54) is 35.6 Å². The number of carbonyl (C=O) groups excluding carboxylic acids is 1. The lowest BCUT2D eigenvalue weighted by molar-refractivity contribution is -0.117. The smallest absolute Gasteiger partial charge is 0.267 e. The molecule has 1 aromatic heterocycles. The molecule has 3 rings (SSSR count). The van der Waals surface area contributed by atoms with Crippen molar-refractivity contribution in [2.45, 2.75) is 39.2 Å². The number of benzene rings is 2. The molecule has 1 amide bonds. The topological polar surface area (TPSA) is 64.0 Å². The quantitative estimate of drug-likeness (QED) is 0.598. The molecule has 3 aromatic rings. The van der Waals surface area contributed by atoms with Crippen LogP contribution in [0.3, 0.4) is 0 Å². The monoisotopic (exact) mass is 375 g/mol. The summed E-state index contributed by atoms with van der Waals surface area (Å²) < 4.78 is 1.19. The molecule has 0 bridgehead atoms. The minimum absolute atomic E-state index is 0.127. The van der Waals surface area contributed by atoms with E-state index >= 15 is 0 Å². The maximum absolute atomic E-state index is 12.4. The first-order chi connectivity index (χ1) is 13.7. The van der Waals surface area contributed by atoms with Gasteiger partial charge in [0.15, 0.2) is 0 Å². The summed E-state index contributed by atoms with van der Waals surface area (Å²) >= 11 is 0. The molecule has 0 radical (unpaired) electrons. The number of rotatable bonds is 8. The van der Waals surface area contributed by atoms with Crippen LogP contribution >= 0.6 is 0 Å². The van der Waals surface area contributed by atoms with Gasteiger partial charge in [-0.2, -0.15) is 5.10 Å². The molecule has 0 unspecified atom stereocenters. The molecule has 0 atom stereocenters. The number of nitrogens with zero attached hydrogens (tertiary/aromatic N) is 2. The van der Waals surface area contributed by atoms with Crippen LogP contribution in [0, 0.1) is 0 Å². The molecule has 0 fully saturated rings. The molecular weight excluding hydrogens is 350 g/mol. The number of anilines is 1. The zero-order valence-corrected chi connectivity index (χ0v) is 16.1. The fourth-order valence-corrected chi connectivity index (χ4v) is 3.00. The molecule has 1 N–H and O–H groups in total. The maximum atomic E-state index is 12.4. The van der Waals surface area contributed by atoms with E-state index in [4.69, 9.17) is 0 Å². The lowest BCUT2D eigenvalue weighted by atomic mass is 10.1. The van der Waals surface area contributed by atoms with Gasteiger partial charge in [0.1, 0.15) is 6.54 Å². The van der Waals surface area contributed by atoms with Crippen LogP contribution in [0.25, 0.3) is 11.3 Å². The predicted molar refractivity (Wildman–Crippen MR) is 112 cm³/mol. The number of carbonyl (C=O) groups is 1. The summed E-state index contributed by atoms with van der Waals surface area (Å²) in [6.07, 6.45) is 4.65. The van der Waals surface area contributed by atoms with Gasteiger partial charge in [0, 0.05) is 17.3 Å². The second-order valence-corrected chi connectivity index (χ2v) is 6.78. The number of unbranched alkanes of at least 4 members (excludes halogenated alkanes) is 2. The molecule has 0 saturated carbocycles. The first-order valence-electron chi connectivity index (χ1n) is 9.68. The molecule has 0 aliphatic carbocycles. The van der Waals surface area contributed by atoms with E-state index < -0.39 is 0 Å². The molecule has 5 nitrogen and oxygen atoms in total. The Kier molecular flexibility index (Phi) is 6.73. The van der Waals surface area contributed by atoms with Crippen LogP contribution in [0.2, 0.25) is 0 Å². The number of nitrogens with one attached hydrogen (secondary N) is 1. The lowest BCUT2D eigenvalue weighted by Gasteiger charge is -2.09. The molecule has 0 aliphatic heterocycles. The zero-order valence-electron chi connectivity index (χ0n) is 16.1. The zero-order chi connectivity index (χ0) is 19.8. The summed E-state index contributed by atoms with van der Waals surface area (Å²) in [7, 11) is 0. The van der Waals surface area contributed by atoms with Gasteiger partial charge in [0.2, 0.25) is 5.91 Å².